The molecule has 18 heavy (non-hydrogen) atoms. The molecular weight excluding hydrogens is 226 g/mol. The number of hydrogen-bond donors (Lipinski definition) is 1. The maximum absolute atomic E-state index is 11.2. The fourth-order valence-corrected chi connectivity index (χ4v) is 1.66. The highest BCUT2D eigenvalue weighted by Crippen LogP contribution is 2.14. The first-order valence-corrected chi connectivity index (χ1v) is 6.49. The maximum atomic E-state index is 11.2. The van der Waals surface area contributed by atoms with Gasteiger partial charge in [-0.2, -0.15) is 0 Å². The van der Waals surface area contributed by atoms with E-state index in [4.69, 9.17) is 4.74 Å². The van der Waals surface area contributed by atoms with Crippen molar-refractivity contribution in [3.8, 4) is 0 Å². The molecular formula is C15H23NO2. The third-order valence-electron chi connectivity index (χ3n) is 2.95. The minimum atomic E-state index is 0.0938. The van der Waals surface area contributed by atoms with E-state index in [1.807, 2.05) is 31.2 Å². The van der Waals surface area contributed by atoms with Crippen LogP contribution in [0, 0.1) is 5.92 Å². The summed E-state index contributed by atoms with van der Waals surface area (Å²) in [5.41, 5.74) is 1.77. The Balaban J connectivity index is 2.65. The van der Waals surface area contributed by atoms with Crippen molar-refractivity contribution < 1.29 is 9.53 Å². The van der Waals surface area contributed by atoms with Crippen LogP contribution in [0.3, 0.4) is 0 Å². The molecule has 0 heterocycles. The van der Waals surface area contributed by atoms with Gasteiger partial charge in [-0.3, -0.25) is 4.79 Å². The Morgan fingerprint density at radius 2 is 1.89 bits per heavy atom. The van der Waals surface area contributed by atoms with Crippen molar-refractivity contribution >= 4 is 11.5 Å². The molecule has 0 aliphatic rings. The molecule has 0 aliphatic carbocycles. The largest absolute Gasteiger partial charge is 0.380 e. The summed E-state index contributed by atoms with van der Waals surface area (Å²) >= 11 is 0. The van der Waals surface area contributed by atoms with Crippen molar-refractivity contribution in [1.82, 2.24) is 0 Å². The van der Waals surface area contributed by atoms with Gasteiger partial charge >= 0.3 is 0 Å². The second-order valence-corrected chi connectivity index (χ2v) is 4.79. The molecule has 3 heteroatoms. The molecule has 0 saturated carbocycles. The van der Waals surface area contributed by atoms with Crippen LogP contribution in [-0.4, -0.2) is 25.0 Å². The van der Waals surface area contributed by atoms with E-state index >= 15 is 0 Å². The molecule has 0 aromatic heterocycles. The van der Waals surface area contributed by atoms with Gasteiger partial charge < -0.3 is 10.1 Å². The number of anilines is 1. The first kappa shape index (κ1) is 14.7. The number of benzene rings is 1. The highest BCUT2D eigenvalue weighted by Gasteiger charge is 2.13. The maximum Gasteiger partial charge on any atom is 0.159 e. The van der Waals surface area contributed by atoms with Crippen molar-refractivity contribution in [3.05, 3.63) is 29.8 Å². The number of rotatable bonds is 7. The van der Waals surface area contributed by atoms with Gasteiger partial charge in [-0.15, -0.1) is 0 Å². The fraction of sp³-hybridized carbons (Fsp3) is 0.533. The molecule has 1 atom stereocenters. The number of carbonyl (C=O) groups is 1. The molecule has 1 N–H and O–H groups in total. The topological polar surface area (TPSA) is 38.3 Å². The molecule has 1 unspecified atom stereocenters. The summed E-state index contributed by atoms with van der Waals surface area (Å²) in [6.45, 7) is 9.34. The van der Waals surface area contributed by atoms with Gasteiger partial charge in [-0.25, -0.2) is 0 Å². The van der Waals surface area contributed by atoms with Gasteiger partial charge in [-0.1, -0.05) is 13.8 Å². The standard InChI is InChI=1S/C15H23NO2/c1-5-18-10-15(11(2)3)16-14-8-6-13(7-9-14)12(4)17/h6-9,11,15-16H,5,10H2,1-4H3. The number of ketones is 1. The van der Waals surface area contributed by atoms with Crippen LogP contribution in [0.5, 0.6) is 0 Å². The van der Waals surface area contributed by atoms with Crippen molar-refractivity contribution in [3.63, 3.8) is 0 Å². The second-order valence-electron chi connectivity index (χ2n) is 4.79. The summed E-state index contributed by atoms with van der Waals surface area (Å²) in [6.07, 6.45) is 0. The van der Waals surface area contributed by atoms with Gasteiger partial charge in [0.2, 0.25) is 0 Å². The van der Waals surface area contributed by atoms with E-state index in [2.05, 4.69) is 19.2 Å². The average molecular weight is 249 g/mol. The van der Waals surface area contributed by atoms with Crippen LogP contribution in [0.2, 0.25) is 0 Å². The van der Waals surface area contributed by atoms with E-state index in [9.17, 15) is 4.79 Å². The van der Waals surface area contributed by atoms with Gasteiger partial charge in [-0.05, 0) is 44.0 Å². The van der Waals surface area contributed by atoms with Gasteiger partial charge in [0.1, 0.15) is 0 Å². The monoisotopic (exact) mass is 249 g/mol. The van der Waals surface area contributed by atoms with E-state index in [0.29, 0.717) is 12.5 Å². The Hall–Kier alpha value is -1.35. The lowest BCUT2D eigenvalue weighted by molar-refractivity contribution is 0.101. The first-order valence-electron chi connectivity index (χ1n) is 6.49. The van der Waals surface area contributed by atoms with Crippen LogP contribution in [-0.2, 0) is 4.74 Å². The molecule has 1 aromatic rings. The van der Waals surface area contributed by atoms with Crippen molar-refractivity contribution in [1.29, 1.82) is 0 Å². The number of Topliss-reactive ketones (excluding diaryl/α,β-unsaturated/α-hetero) is 1. The zero-order chi connectivity index (χ0) is 13.5. The molecule has 3 nitrogen and oxygen atoms in total. The zero-order valence-electron chi connectivity index (χ0n) is 11.7. The lowest BCUT2D eigenvalue weighted by Gasteiger charge is -2.23. The molecule has 0 aliphatic heterocycles. The molecule has 0 bridgehead atoms. The SMILES string of the molecule is CCOCC(Nc1ccc(C(C)=O)cc1)C(C)C. The fourth-order valence-electron chi connectivity index (χ4n) is 1.66. The lowest BCUT2D eigenvalue weighted by Crippen LogP contribution is -2.30. The minimum absolute atomic E-state index is 0.0938. The molecule has 100 valence electrons. The van der Waals surface area contributed by atoms with Crippen molar-refractivity contribution in [2.24, 2.45) is 5.92 Å². The van der Waals surface area contributed by atoms with Crippen LogP contribution in [0.4, 0.5) is 5.69 Å². The Morgan fingerprint density at radius 3 is 2.33 bits per heavy atom. The molecule has 0 amide bonds. The summed E-state index contributed by atoms with van der Waals surface area (Å²) in [7, 11) is 0. The van der Waals surface area contributed by atoms with Gasteiger partial charge in [0.25, 0.3) is 0 Å². The van der Waals surface area contributed by atoms with Gasteiger partial charge in [0, 0.05) is 17.9 Å². The van der Waals surface area contributed by atoms with Crippen molar-refractivity contribution in [2.45, 2.75) is 33.7 Å². The summed E-state index contributed by atoms with van der Waals surface area (Å²) in [6, 6.07) is 7.87. The second kappa shape index (κ2) is 7.17. The zero-order valence-corrected chi connectivity index (χ0v) is 11.7. The average Bonchev–Trinajstić information content (AvgIpc) is 2.34. The molecule has 0 spiro atoms. The number of carbonyl (C=O) groups excluding carboxylic acids is 1. The van der Waals surface area contributed by atoms with E-state index in [-0.39, 0.29) is 11.8 Å². The normalized spacial score (nSPS) is 12.5. The van der Waals surface area contributed by atoms with E-state index in [1.165, 1.54) is 0 Å². The molecule has 1 aromatic carbocycles. The van der Waals surface area contributed by atoms with E-state index in [0.717, 1.165) is 17.9 Å². The minimum Gasteiger partial charge on any atom is -0.380 e. The smallest absolute Gasteiger partial charge is 0.159 e. The van der Waals surface area contributed by atoms with E-state index in [1.54, 1.807) is 6.92 Å². The highest BCUT2D eigenvalue weighted by molar-refractivity contribution is 5.94. The lowest BCUT2D eigenvalue weighted by atomic mass is 10.0. The van der Waals surface area contributed by atoms with Gasteiger partial charge in [0.05, 0.1) is 12.6 Å². The Morgan fingerprint density at radius 1 is 1.28 bits per heavy atom. The predicted molar refractivity (Wildman–Crippen MR) is 75.2 cm³/mol. The summed E-state index contributed by atoms with van der Waals surface area (Å²) < 4.78 is 5.47. The quantitative estimate of drug-likeness (QED) is 0.753. The van der Waals surface area contributed by atoms with Crippen LogP contribution >= 0.6 is 0 Å². The Kier molecular flexibility index (Phi) is 5.86. The summed E-state index contributed by atoms with van der Waals surface area (Å²) in [5.74, 6) is 0.584. The van der Waals surface area contributed by atoms with Crippen LogP contribution in [0.15, 0.2) is 24.3 Å². The highest BCUT2D eigenvalue weighted by atomic mass is 16.5. The third-order valence-corrected chi connectivity index (χ3v) is 2.95. The first-order chi connectivity index (χ1) is 8.54. The number of hydrogen-bond acceptors (Lipinski definition) is 3. The molecule has 0 saturated heterocycles. The molecule has 0 radical (unpaired) electrons. The van der Waals surface area contributed by atoms with Crippen molar-refractivity contribution in [2.75, 3.05) is 18.5 Å². The summed E-state index contributed by atoms with van der Waals surface area (Å²) in [4.78, 5) is 11.2. The van der Waals surface area contributed by atoms with Gasteiger partial charge in [0.15, 0.2) is 5.78 Å². The van der Waals surface area contributed by atoms with Crippen LogP contribution in [0.25, 0.3) is 0 Å². The molecule has 1 rings (SSSR count). The van der Waals surface area contributed by atoms with E-state index < -0.39 is 0 Å². The Bertz CT molecular complexity index is 371. The Labute approximate surface area is 110 Å². The van der Waals surface area contributed by atoms with Crippen LogP contribution < -0.4 is 5.32 Å². The van der Waals surface area contributed by atoms with Crippen LogP contribution in [0.1, 0.15) is 38.1 Å². The number of ether oxygens (including phenoxy) is 1. The molecule has 0 fully saturated rings. The number of nitrogens with one attached hydrogen (secondary N) is 1. The predicted octanol–water partition coefficient (Wildman–Crippen LogP) is 3.36. The summed E-state index contributed by atoms with van der Waals surface area (Å²) in [5, 5.41) is 3.44. The third kappa shape index (κ3) is 4.49.